The van der Waals surface area contributed by atoms with Gasteiger partial charge in [-0.15, -0.1) is 0 Å². The van der Waals surface area contributed by atoms with Crippen LogP contribution in [0.5, 0.6) is 0 Å². The second kappa shape index (κ2) is 8.83. The van der Waals surface area contributed by atoms with E-state index in [-0.39, 0.29) is 17.6 Å². The number of imidazole rings is 2. The average molecular weight is 420 g/mol. The van der Waals surface area contributed by atoms with Gasteiger partial charge in [0.15, 0.2) is 5.16 Å². The van der Waals surface area contributed by atoms with Crippen LogP contribution in [0.4, 0.5) is 5.69 Å². The molecule has 0 bridgehead atoms. The summed E-state index contributed by atoms with van der Waals surface area (Å²) < 4.78 is 3.77. The molecule has 4 rings (SSSR count). The van der Waals surface area contributed by atoms with Crippen LogP contribution in [0.1, 0.15) is 16.1 Å². The minimum Gasteiger partial charge on any atom is -0.346 e. The van der Waals surface area contributed by atoms with Crippen molar-refractivity contribution in [1.82, 2.24) is 24.3 Å². The quantitative estimate of drug-likeness (QED) is 0.449. The molecule has 2 amide bonds. The van der Waals surface area contributed by atoms with E-state index in [0.717, 1.165) is 16.5 Å². The first-order valence-electron chi connectivity index (χ1n) is 9.29. The van der Waals surface area contributed by atoms with Gasteiger partial charge in [-0.1, -0.05) is 17.8 Å². The lowest BCUT2D eigenvalue weighted by Crippen LogP contribution is -2.23. The Hall–Kier alpha value is -3.59. The number of aromatic nitrogens is 4. The lowest BCUT2D eigenvalue weighted by molar-refractivity contribution is -0.113. The van der Waals surface area contributed by atoms with Gasteiger partial charge in [-0.3, -0.25) is 9.59 Å². The molecule has 8 nitrogen and oxygen atoms in total. The number of fused-ring (bicyclic) bond motifs is 1. The number of aryl methyl sites for hydroxylation is 1. The molecule has 0 saturated heterocycles. The van der Waals surface area contributed by atoms with Crippen molar-refractivity contribution in [3.05, 3.63) is 78.5 Å². The molecule has 0 aliphatic heterocycles. The number of carbonyl (C=O) groups excluding carboxylic acids is 2. The number of nitrogens with one attached hydrogen (secondary N) is 2. The average Bonchev–Trinajstić information content (AvgIpc) is 3.36. The minimum atomic E-state index is -0.199. The second-order valence-electron chi connectivity index (χ2n) is 6.62. The van der Waals surface area contributed by atoms with Crippen molar-refractivity contribution >= 4 is 34.9 Å². The van der Waals surface area contributed by atoms with Gasteiger partial charge < -0.3 is 19.6 Å². The van der Waals surface area contributed by atoms with Crippen LogP contribution >= 0.6 is 11.8 Å². The molecule has 0 spiro atoms. The first-order chi connectivity index (χ1) is 14.6. The van der Waals surface area contributed by atoms with Gasteiger partial charge in [0.1, 0.15) is 5.65 Å². The Balaban J connectivity index is 1.28. The molecule has 0 aliphatic carbocycles. The number of benzene rings is 1. The van der Waals surface area contributed by atoms with E-state index < -0.39 is 0 Å². The van der Waals surface area contributed by atoms with Crippen molar-refractivity contribution in [2.24, 2.45) is 7.05 Å². The Labute approximate surface area is 177 Å². The topological polar surface area (TPSA) is 93.3 Å². The van der Waals surface area contributed by atoms with Crippen LogP contribution in [0.3, 0.4) is 0 Å². The molecule has 0 unspecified atom stereocenters. The third-order valence-corrected chi connectivity index (χ3v) is 5.44. The third-order valence-electron chi connectivity index (χ3n) is 4.38. The summed E-state index contributed by atoms with van der Waals surface area (Å²) >= 11 is 1.36. The largest absolute Gasteiger partial charge is 0.346 e. The van der Waals surface area contributed by atoms with E-state index >= 15 is 0 Å². The summed E-state index contributed by atoms with van der Waals surface area (Å²) in [4.78, 5) is 33.1. The van der Waals surface area contributed by atoms with Crippen LogP contribution in [-0.2, 0) is 18.4 Å². The second-order valence-corrected chi connectivity index (χ2v) is 7.56. The van der Waals surface area contributed by atoms with E-state index in [1.54, 1.807) is 30.5 Å². The third kappa shape index (κ3) is 4.69. The van der Waals surface area contributed by atoms with Gasteiger partial charge in [0.05, 0.1) is 18.0 Å². The summed E-state index contributed by atoms with van der Waals surface area (Å²) in [7, 11) is 1.88. The monoisotopic (exact) mass is 420 g/mol. The number of anilines is 1. The molecule has 2 N–H and O–H groups in total. The van der Waals surface area contributed by atoms with Crippen LogP contribution in [0.15, 0.2) is 72.4 Å². The number of hydrogen-bond acceptors (Lipinski definition) is 5. The summed E-state index contributed by atoms with van der Waals surface area (Å²) in [5, 5.41) is 6.46. The lowest BCUT2D eigenvalue weighted by atomic mass is 10.2. The zero-order chi connectivity index (χ0) is 20.9. The van der Waals surface area contributed by atoms with Crippen molar-refractivity contribution in [2.45, 2.75) is 11.7 Å². The Morgan fingerprint density at radius 2 is 1.93 bits per heavy atom. The van der Waals surface area contributed by atoms with Gasteiger partial charge in [0, 0.05) is 43.1 Å². The first kappa shape index (κ1) is 19.7. The number of nitrogens with zero attached hydrogens (tertiary/aromatic N) is 4. The first-order valence-corrected chi connectivity index (χ1v) is 10.3. The lowest BCUT2D eigenvalue weighted by Gasteiger charge is -2.07. The van der Waals surface area contributed by atoms with Gasteiger partial charge in [-0.05, 0) is 36.4 Å². The fraction of sp³-hybridized carbons (Fsp3) is 0.143. The smallest absolute Gasteiger partial charge is 0.251 e. The minimum absolute atomic E-state index is 0.132. The molecular weight excluding hydrogens is 400 g/mol. The Bertz CT molecular complexity index is 1150. The highest BCUT2D eigenvalue weighted by atomic mass is 32.2. The van der Waals surface area contributed by atoms with Gasteiger partial charge in [0.25, 0.3) is 5.91 Å². The fourth-order valence-electron chi connectivity index (χ4n) is 2.87. The highest BCUT2D eigenvalue weighted by molar-refractivity contribution is 7.99. The van der Waals surface area contributed by atoms with Crippen LogP contribution in [0.2, 0.25) is 0 Å². The molecule has 3 heterocycles. The van der Waals surface area contributed by atoms with Gasteiger partial charge in [-0.25, -0.2) is 9.97 Å². The van der Waals surface area contributed by atoms with Crippen molar-refractivity contribution in [2.75, 3.05) is 11.1 Å². The molecule has 0 aliphatic rings. The van der Waals surface area contributed by atoms with Crippen molar-refractivity contribution < 1.29 is 9.59 Å². The number of pyridine rings is 1. The molecule has 4 aromatic rings. The summed E-state index contributed by atoms with van der Waals surface area (Å²) in [6, 6.07) is 12.5. The van der Waals surface area contributed by atoms with E-state index in [2.05, 4.69) is 20.6 Å². The van der Waals surface area contributed by atoms with Gasteiger partial charge >= 0.3 is 0 Å². The molecule has 0 radical (unpaired) electrons. The summed E-state index contributed by atoms with van der Waals surface area (Å²) in [5.74, 6) is -0.0751. The SMILES string of the molecule is Cn1ccnc1SCC(=O)Nc1ccc(C(=O)NCc2cn3ccccc3n2)cc1. The van der Waals surface area contributed by atoms with Crippen molar-refractivity contribution in [3.8, 4) is 0 Å². The van der Waals surface area contributed by atoms with E-state index in [0.29, 0.717) is 17.8 Å². The summed E-state index contributed by atoms with van der Waals surface area (Å²) in [6.45, 7) is 0.337. The number of thioether (sulfide) groups is 1. The summed E-state index contributed by atoms with van der Waals surface area (Å²) in [5.41, 5.74) is 2.77. The maximum Gasteiger partial charge on any atom is 0.251 e. The Kier molecular flexibility index (Phi) is 5.80. The predicted molar refractivity (Wildman–Crippen MR) is 115 cm³/mol. The predicted octanol–water partition coefficient (Wildman–Crippen LogP) is 2.73. The van der Waals surface area contributed by atoms with Crippen LogP contribution in [0.25, 0.3) is 5.65 Å². The van der Waals surface area contributed by atoms with Gasteiger partial charge in [-0.2, -0.15) is 0 Å². The molecule has 3 aromatic heterocycles. The number of carbonyl (C=O) groups is 2. The molecule has 0 atom stereocenters. The molecular formula is C21H20N6O2S. The fourth-order valence-corrected chi connectivity index (χ4v) is 3.60. The number of hydrogen-bond donors (Lipinski definition) is 2. The molecule has 152 valence electrons. The summed E-state index contributed by atoms with van der Waals surface area (Å²) in [6.07, 6.45) is 7.32. The molecule has 9 heteroatoms. The Morgan fingerprint density at radius 3 is 2.67 bits per heavy atom. The highest BCUT2D eigenvalue weighted by Crippen LogP contribution is 2.16. The van der Waals surface area contributed by atoms with Crippen LogP contribution < -0.4 is 10.6 Å². The number of amides is 2. The van der Waals surface area contributed by atoms with Crippen molar-refractivity contribution in [3.63, 3.8) is 0 Å². The van der Waals surface area contributed by atoms with Crippen LogP contribution in [0, 0.1) is 0 Å². The number of rotatable bonds is 7. The van der Waals surface area contributed by atoms with E-state index in [1.165, 1.54) is 11.8 Å². The highest BCUT2D eigenvalue weighted by Gasteiger charge is 2.09. The molecule has 30 heavy (non-hydrogen) atoms. The van der Waals surface area contributed by atoms with E-state index in [4.69, 9.17) is 0 Å². The maximum atomic E-state index is 12.4. The zero-order valence-corrected chi connectivity index (χ0v) is 17.1. The standard InChI is InChI=1S/C21H20N6O2S/c1-26-11-9-22-21(26)30-14-19(28)25-16-7-5-15(6-8-16)20(29)23-12-17-13-27-10-3-2-4-18(27)24-17/h2-11,13H,12,14H2,1H3,(H,23,29)(H,25,28). The maximum absolute atomic E-state index is 12.4. The van der Waals surface area contributed by atoms with Gasteiger partial charge in [0.2, 0.25) is 5.91 Å². The zero-order valence-electron chi connectivity index (χ0n) is 16.3. The molecule has 0 saturated carbocycles. The normalized spacial score (nSPS) is 10.8. The Morgan fingerprint density at radius 1 is 1.10 bits per heavy atom. The molecule has 0 fully saturated rings. The van der Waals surface area contributed by atoms with Crippen molar-refractivity contribution in [1.29, 1.82) is 0 Å². The van der Waals surface area contributed by atoms with Crippen LogP contribution in [-0.4, -0.2) is 36.5 Å². The van der Waals surface area contributed by atoms with E-state index in [1.807, 2.05) is 52.8 Å². The molecule has 1 aromatic carbocycles. The van der Waals surface area contributed by atoms with E-state index in [9.17, 15) is 9.59 Å².